The van der Waals surface area contributed by atoms with E-state index in [1.807, 2.05) is 6.92 Å². The second-order valence-electron chi connectivity index (χ2n) is 2.42. The predicted molar refractivity (Wildman–Crippen MR) is 46.1 cm³/mol. The van der Waals surface area contributed by atoms with E-state index in [0.29, 0.717) is 11.4 Å². The van der Waals surface area contributed by atoms with Crippen LogP contribution >= 0.6 is 0 Å². The van der Waals surface area contributed by atoms with Crippen LogP contribution < -0.4 is 0 Å². The van der Waals surface area contributed by atoms with Gasteiger partial charge in [-0.3, -0.25) is 0 Å². The van der Waals surface area contributed by atoms with E-state index in [0.717, 1.165) is 6.42 Å². The Morgan fingerprint density at radius 2 is 2.25 bits per heavy atom. The van der Waals surface area contributed by atoms with Gasteiger partial charge >= 0.3 is 0 Å². The molecule has 62 valence electrons. The summed E-state index contributed by atoms with van der Waals surface area (Å²) < 4.78 is 12.7. The average molecular weight is 163 g/mol. The molecule has 0 aliphatic heterocycles. The summed E-state index contributed by atoms with van der Waals surface area (Å²) in [6, 6.07) is 2.98. The molecule has 1 heterocycles. The van der Waals surface area contributed by atoms with Crippen molar-refractivity contribution in [2.45, 2.75) is 20.3 Å². The lowest BCUT2D eigenvalue weighted by Gasteiger charge is -1.94. The number of halogens is 1. The van der Waals surface area contributed by atoms with Crippen LogP contribution in [-0.2, 0) is 0 Å². The first kappa shape index (κ1) is 8.73. The minimum Gasteiger partial charge on any atom is -0.242 e. The molecule has 0 atom stereocenters. The molecular formula is C10H10FN. The van der Waals surface area contributed by atoms with Gasteiger partial charge in [-0.15, -0.1) is 0 Å². The summed E-state index contributed by atoms with van der Waals surface area (Å²) in [5, 5.41) is 0. The molecule has 0 N–H and O–H groups in total. The van der Waals surface area contributed by atoms with Gasteiger partial charge in [0.15, 0.2) is 0 Å². The molecule has 1 rings (SSSR count). The number of rotatable bonds is 0. The maximum Gasteiger partial charge on any atom is 0.144 e. The molecule has 0 aliphatic rings. The molecule has 0 unspecified atom stereocenters. The lowest BCUT2D eigenvalue weighted by Crippen LogP contribution is -1.90. The van der Waals surface area contributed by atoms with Crippen molar-refractivity contribution in [3.63, 3.8) is 0 Å². The fourth-order valence-electron chi connectivity index (χ4n) is 0.793. The Bertz CT molecular complexity index is 333. The standard InChI is InChI=1S/C10H10FN/c1-3-4-5-9-6-7-10(11)8(2)12-9/h6-7H,3H2,1-2H3. The largest absolute Gasteiger partial charge is 0.242 e. The smallest absolute Gasteiger partial charge is 0.144 e. The molecular weight excluding hydrogens is 153 g/mol. The molecule has 1 aromatic rings. The Balaban J connectivity index is 2.97. The summed E-state index contributed by atoms with van der Waals surface area (Å²) in [7, 11) is 0. The highest BCUT2D eigenvalue weighted by Gasteiger charge is 1.96. The summed E-state index contributed by atoms with van der Waals surface area (Å²) in [5.41, 5.74) is 1.04. The minimum absolute atomic E-state index is 0.281. The van der Waals surface area contributed by atoms with Crippen LogP contribution in [0.4, 0.5) is 4.39 Å². The van der Waals surface area contributed by atoms with E-state index in [1.54, 1.807) is 13.0 Å². The summed E-state index contributed by atoms with van der Waals surface area (Å²) in [6.07, 6.45) is 0.790. The van der Waals surface area contributed by atoms with E-state index in [1.165, 1.54) is 6.07 Å². The number of aromatic nitrogens is 1. The third-order valence-corrected chi connectivity index (χ3v) is 1.41. The minimum atomic E-state index is -0.281. The molecule has 12 heavy (non-hydrogen) atoms. The van der Waals surface area contributed by atoms with Gasteiger partial charge in [0, 0.05) is 6.42 Å². The number of aryl methyl sites for hydroxylation is 1. The highest BCUT2D eigenvalue weighted by atomic mass is 19.1. The third-order valence-electron chi connectivity index (χ3n) is 1.41. The number of hydrogen-bond acceptors (Lipinski definition) is 1. The maximum atomic E-state index is 12.7. The highest BCUT2D eigenvalue weighted by Crippen LogP contribution is 2.02. The highest BCUT2D eigenvalue weighted by molar-refractivity contribution is 5.28. The van der Waals surface area contributed by atoms with Crippen molar-refractivity contribution in [2.75, 3.05) is 0 Å². The third kappa shape index (κ3) is 2.06. The molecule has 0 saturated carbocycles. The number of hydrogen-bond donors (Lipinski definition) is 0. The summed E-state index contributed by atoms with van der Waals surface area (Å²) in [4.78, 5) is 3.96. The van der Waals surface area contributed by atoms with Gasteiger partial charge in [-0.25, -0.2) is 9.37 Å². The number of pyridine rings is 1. The van der Waals surface area contributed by atoms with Gasteiger partial charge in [0.25, 0.3) is 0 Å². The second kappa shape index (κ2) is 3.87. The normalized spacial score (nSPS) is 8.92. The van der Waals surface area contributed by atoms with Crippen molar-refractivity contribution in [3.8, 4) is 11.8 Å². The lowest BCUT2D eigenvalue weighted by molar-refractivity contribution is 0.609. The topological polar surface area (TPSA) is 12.9 Å². The molecule has 0 saturated heterocycles. The Labute approximate surface area is 71.6 Å². The molecule has 0 aromatic carbocycles. The summed E-state index contributed by atoms with van der Waals surface area (Å²) in [5.74, 6) is 5.43. The zero-order chi connectivity index (χ0) is 8.97. The van der Waals surface area contributed by atoms with Gasteiger partial charge in [-0.2, -0.15) is 0 Å². The molecule has 0 radical (unpaired) electrons. The Kier molecular flexibility index (Phi) is 2.82. The van der Waals surface area contributed by atoms with E-state index in [9.17, 15) is 4.39 Å². The summed E-state index contributed by atoms with van der Waals surface area (Å²) in [6.45, 7) is 3.59. The van der Waals surface area contributed by atoms with Crippen LogP contribution in [0.15, 0.2) is 12.1 Å². The van der Waals surface area contributed by atoms with Crippen molar-refractivity contribution >= 4 is 0 Å². The molecule has 0 aliphatic carbocycles. The predicted octanol–water partition coefficient (Wildman–Crippen LogP) is 2.29. The Morgan fingerprint density at radius 3 is 2.83 bits per heavy atom. The van der Waals surface area contributed by atoms with E-state index >= 15 is 0 Å². The Morgan fingerprint density at radius 1 is 1.50 bits per heavy atom. The summed E-state index contributed by atoms with van der Waals surface area (Å²) >= 11 is 0. The van der Waals surface area contributed by atoms with Gasteiger partial charge in [0.05, 0.1) is 5.69 Å². The first-order chi connectivity index (χ1) is 5.74. The molecule has 0 fully saturated rings. The van der Waals surface area contributed by atoms with Gasteiger partial charge in [-0.1, -0.05) is 12.8 Å². The van der Waals surface area contributed by atoms with Gasteiger partial charge in [0.2, 0.25) is 0 Å². The van der Waals surface area contributed by atoms with Crippen LogP contribution in [-0.4, -0.2) is 4.98 Å². The SMILES string of the molecule is CCC#Cc1ccc(F)c(C)n1. The zero-order valence-electron chi connectivity index (χ0n) is 7.19. The zero-order valence-corrected chi connectivity index (χ0v) is 7.19. The van der Waals surface area contributed by atoms with Crippen LogP contribution in [0.5, 0.6) is 0 Å². The first-order valence-corrected chi connectivity index (χ1v) is 3.86. The van der Waals surface area contributed by atoms with Gasteiger partial charge in [0.1, 0.15) is 11.5 Å². The van der Waals surface area contributed by atoms with E-state index < -0.39 is 0 Å². The molecule has 2 heteroatoms. The maximum absolute atomic E-state index is 12.7. The Hall–Kier alpha value is -1.36. The molecule has 1 nitrogen and oxygen atoms in total. The van der Waals surface area contributed by atoms with E-state index in [4.69, 9.17) is 0 Å². The van der Waals surface area contributed by atoms with Gasteiger partial charge in [-0.05, 0) is 25.0 Å². The van der Waals surface area contributed by atoms with Crippen molar-refractivity contribution in [1.82, 2.24) is 4.98 Å². The van der Waals surface area contributed by atoms with Crippen LogP contribution in [0, 0.1) is 24.6 Å². The monoisotopic (exact) mass is 163 g/mol. The first-order valence-electron chi connectivity index (χ1n) is 3.86. The average Bonchev–Trinajstić information content (AvgIpc) is 2.07. The lowest BCUT2D eigenvalue weighted by atomic mass is 10.3. The fraction of sp³-hybridized carbons (Fsp3) is 0.300. The fourth-order valence-corrected chi connectivity index (χ4v) is 0.793. The molecule has 0 bridgehead atoms. The van der Waals surface area contributed by atoms with Crippen molar-refractivity contribution in [2.24, 2.45) is 0 Å². The van der Waals surface area contributed by atoms with Crippen LogP contribution in [0.2, 0.25) is 0 Å². The van der Waals surface area contributed by atoms with Crippen LogP contribution in [0.3, 0.4) is 0 Å². The van der Waals surface area contributed by atoms with Crippen LogP contribution in [0.25, 0.3) is 0 Å². The van der Waals surface area contributed by atoms with Crippen molar-refractivity contribution in [3.05, 3.63) is 29.3 Å². The quantitative estimate of drug-likeness (QED) is 0.535. The van der Waals surface area contributed by atoms with E-state index in [2.05, 4.69) is 16.8 Å². The van der Waals surface area contributed by atoms with Crippen molar-refractivity contribution < 1.29 is 4.39 Å². The van der Waals surface area contributed by atoms with Crippen molar-refractivity contribution in [1.29, 1.82) is 0 Å². The molecule has 1 aromatic heterocycles. The molecule has 0 spiro atoms. The number of nitrogens with zero attached hydrogens (tertiary/aromatic N) is 1. The van der Waals surface area contributed by atoms with Crippen LogP contribution in [0.1, 0.15) is 24.7 Å². The molecule has 0 amide bonds. The van der Waals surface area contributed by atoms with Gasteiger partial charge < -0.3 is 0 Å². The van der Waals surface area contributed by atoms with E-state index in [-0.39, 0.29) is 5.82 Å². The second-order valence-corrected chi connectivity index (χ2v) is 2.42.